The van der Waals surface area contributed by atoms with Gasteiger partial charge in [-0.3, -0.25) is 4.79 Å². The molecule has 0 aliphatic carbocycles. The summed E-state index contributed by atoms with van der Waals surface area (Å²) in [6, 6.07) is 7.26. The van der Waals surface area contributed by atoms with E-state index in [1.165, 1.54) is 6.42 Å². The molecule has 1 amide bonds. The summed E-state index contributed by atoms with van der Waals surface area (Å²) in [5.74, 6) is 2.54. The summed E-state index contributed by atoms with van der Waals surface area (Å²) < 4.78 is 7.22. The monoisotopic (exact) mass is 329 g/mol. The molecular formula is C17H23N5O2. The lowest BCUT2D eigenvalue weighted by molar-refractivity contribution is 0.0623. The third-order valence-corrected chi connectivity index (χ3v) is 4.33. The maximum Gasteiger partial charge on any atom is 0.253 e. The van der Waals surface area contributed by atoms with E-state index in [-0.39, 0.29) is 12.5 Å². The normalized spacial score (nSPS) is 20.9. The molecule has 7 heteroatoms. The second-order valence-electron chi connectivity index (χ2n) is 6.69. The number of likely N-dealkylation sites (tertiary alicyclic amines) is 1. The molecule has 1 aliphatic rings. The van der Waals surface area contributed by atoms with Crippen molar-refractivity contribution in [3.05, 3.63) is 35.7 Å². The van der Waals surface area contributed by atoms with Gasteiger partial charge < -0.3 is 9.64 Å². The molecule has 1 fully saturated rings. The first-order chi connectivity index (χ1) is 11.5. The van der Waals surface area contributed by atoms with E-state index in [0.29, 0.717) is 29.0 Å². The van der Waals surface area contributed by atoms with Crippen LogP contribution in [0.15, 0.2) is 24.3 Å². The smallest absolute Gasteiger partial charge is 0.253 e. The standard InChI is InChI=1S/C17H23N5O2/c1-12-8-13(2)10-22(9-12)17(23)14-4-6-15(7-5-14)24-11-16-18-19-20-21(16)3/h4-7,12-13H,8-11H2,1-3H3/t12-,13+. The Hall–Kier alpha value is -2.44. The van der Waals surface area contributed by atoms with Crippen LogP contribution in [-0.4, -0.2) is 44.1 Å². The van der Waals surface area contributed by atoms with E-state index in [4.69, 9.17) is 4.74 Å². The van der Waals surface area contributed by atoms with E-state index in [2.05, 4.69) is 29.4 Å². The van der Waals surface area contributed by atoms with E-state index in [1.807, 2.05) is 29.2 Å². The predicted octanol–water partition coefficient (Wildman–Crippen LogP) is 1.91. The molecule has 0 N–H and O–H groups in total. The van der Waals surface area contributed by atoms with Crippen LogP contribution >= 0.6 is 0 Å². The fourth-order valence-corrected chi connectivity index (χ4v) is 3.22. The molecule has 1 saturated heterocycles. The van der Waals surface area contributed by atoms with E-state index in [1.54, 1.807) is 11.7 Å². The molecule has 1 aliphatic heterocycles. The van der Waals surface area contributed by atoms with Crippen molar-refractivity contribution in [2.45, 2.75) is 26.9 Å². The van der Waals surface area contributed by atoms with Gasteiger partial charge in [0.05, 0.1) is 0 Å². The molecule has 128 valence electrons. The van der Waals surface area contributed by atoms with Crippen LogP contribution in [0.4, 0.5) is 0 Å². The number of ether oxygens (including phenoxy) is 1. The van der Waals surface area contributed by atoms with E-state index < -0.39 is 0 Å². The molecule has 2 atom stereocenters. The Labute approximate surface area is 141 Å². The Balaban J connectivity index is 1.61. The van der Waals surface area contributed by atoms with Gasteiger partial charge in [-0.15, -0.1) is 5.10 Å². The number of hydrogen-bond donors (Lipinski definition) is 0. The Kier molecular flexibility index (Phi) is 4.78. The summed E-state index contributed by atoms with van der Waals surface area (Å²) in [4.78, 5) is 14.6. The summed E-state index contributed by atoms with van der Waals surface area (Å²) in [5.41, 5.74) is 0.698. The van der Waals surface area contributed by atoms with Gasteiger partial charge in [0.25, 0.3) is 5.91 Å². The van der Waals surface area contributed by atoms with Crippen molar-refractivity contribution in [3.8, 4) is 5.75 Å². The van der Waals surface area contributed by atoms with Crippen LogP contribution < -0.4 is 4.74 Å². The van der Waals surface area contributed by atoms with Crippen molar-refractivity contribution >= 4 is 5.91 Å². The molecule has 7 nitrogen and oxygen atoms in total. The second-order valence-corrected chi connectivity index (χ2v) is 6.69. The zero-order valence-electron chi connectivity index (χ0n) is 14.3. The number of benzene rings is 1. The lowest BCUT2D eigenvalue weighted by atomic mass is 9.91. The molecule has 2 aromatic rings. The number of tetrazole rings is 1. The summed E-state index contributed by atoms with van der Waals surface area (Å²) in [7, 11) is 1.76. The second kappa shape index (κ2) is 6.98. The first-order valence-electron chi connectivity index (χ1n) is 8.26. The van der Waals surface area contributed by atoms with E-state index in [9.17, 15) is 4.79 Å². The summed E-state index contributed by atoms with van der Waals surface area (Å²) >= 11 is 0. The zero-order valence-corrected chi connectivity index (χ0v) is 14.3. The minimum atomic E-state index is 0.0949. The van der Waals surface area contributed by atoms with Crippen molar-refractivity contribution in [1.82, 2.24) is 25.1 Å². The highest BCUT2D eigenvalue weighted by Gasteiger charge is 2.26. The zero-order chi connectivity index (χ0) is 17.1. The van der Waals surface area contributed by atoms with Crippen molar-refractivity contribution in [2.75, 3.05) is 13.1 Å². The van der Waals surface area contributed by atoms with Crippen molar-refractivity contribution < 1.29 is 9.53 Å². The van der Waals surface area contributed by atoms with E-state index in [0.717, 1.165) is 13.1 Å². The van der Waals surface area contributed by atoms with Crippen LogP contribution in [0, 0.1) is 11.8 Å². The molecule has 1 aromatic carbocycles. The number of piperidine rings is 1. The number of carbonyl (C=O) groups excluding carboxylic acids is 1. The summed E-state index contributed by atoms with van der Waals surface area (Å²) in [6.45, 7) is 6.36. The van der Waals surface area contributed by atoms with E-state index >= 15 is 0 Å². The third-order valence-electron chi connectivity index (χ3n) is 4.33. The molecular weight excluding hydrogens is 306 g/mol. The minimum Gasteiger partial charge on any atom is -0.486 e. The van der Waals surface area contributed by atoms with Crippen LogP contribution in [0.2, 0.25) is 0 Å². The van der Waals surface area contributed by atoms with Crippen LogP contribution in [0.3, 0.4) is 0 Å². The lowest BCUT2D eigenvalue weighted by Crippen LogP contribution is -2.42. The molecule has 2 heterocycles. The Bertz CT molecular complexity index is 687. The first kappa shape index (κ1) is 16.4. The minimum absolute atomic E-state index is 0.0949. The molecule has 1 aromatic heterocycles. The number of aromatic nitrogens is 4. The number of hydrogen-bond acceptors (Lipinski definition) is 5. The predicted molar refractivity (Wildman–Crippen MR) is 88.4 cm³/mol. The SMILES string of the molecule is C[C@@H]1C[C@H](C)CN(C(=O)c2ccc(OCc3nnnn3C)cc2)C1. The van der Waals surface area contributed by atoms with Crippen molar-refractivity contribution in [1.29, 1.82) is 0 Å². The number of carbonyl (C=O) groups is 1. The summed E-state index contributed by atoms with van der Waals surface area (Å²) in [5, 5.41) is 11.2. The first-order valence-corrected chi connectivity index (χ1v) is 8.26. The van der Waals surface area contributed by atoms with Crippen molar-refractivity contribution in [3.63, 3.8) is 0 Å². The number of nitrogens with zero attached hydrogens (tertiary/aromatic N) is 5. The molecule has 0 spiro atoms. The molecule has 3 rings (SSSR count). The Morgan fingerprint density at radius 3 is 2.46 bits per heavy atom. The quantitative estimate of drug-likeness (QED) is 0.857. The summed E-state index contributed by atoms with van der Waals surface area (Å²) in [6.07, 6.45) is 1.19. The van der Waals surface area contributed by atoms with Gasteiger partial charge in [0.15, 0.2) is 5.82 Å². The van der Waals surface area contributed by atoms with Gasteiger partial charge in [-0.05, 0) is 52.9 Å². The van der Waals surface area contributed by atoms with Gasteiger partial charge in [-0.1, -0.05) is 13.8 Å². The van der Waals surface area contributed by atoms with Gasteiger partial charge in [-0.25, -0.2) is 4.68 Å². The van der Waals surface area contributed by atoms with Crippen molar-refractivity contribution in [2.24, 2.45) is 18.9 Å². The maximum absolute atomic E-state index is 12.6. The highest BCUT2D eigenvalue weighted by atomic mass is 16.5. The fourth-order valence-electron chi connectivity index (χ4n) is 3.22. The van der Waals surface area contributed by atoms with Crippen LogP contribution in [0.1, 0.15) is 36.5 Å². The third kappa shape index (κ3) is 3.72. The highest BCUT2D eigenvalue weighted by molar-refractivity contribution is 5.94. The molecule has 0 bridgehead atoms. The number of aryl methyl sites for hydroxylation is 1. The topological polar surface area (TPSA) is 73.1 Å². The largest absolute Gasteiger partial charge is 0.486 e. The maximum atomic E-state index is 12.6. The lowest BCUT2D eigenvalue weighted by Gasteiger charge is -2.35. The van der Waals surface area contributed by atoms with Gasteiger partial charge >= 0.3 is 0 Å². The highest BCUT2D eigenvalue weighted by Crippen LogP contribution is 2.23. The van der Waals surface area contributed by atoms with Gasteiger partial charge in [0.1, 0.15) is 12.4 Å². The average molecular weight is 329 g/mol. The Morgan fingerprint density at radius 1 is 1.21 bits per heavy atom. The molecule has 0 saturated carbocycles. The average Bonchev–Trinajstić information content (AvgIpc) is 2.97. The fraction of sp³-hybridized carbons (Fsp3) is 0.529. The van der Waals surface area contributed by atoms with Crippen LogP contribution in [0.5, 0.6) is 5.75 Å². The Morgan fingerprint density at radius 2 is 1.88 bits per heavy atom. The number of amides is 1. The molecule has 0 unspecified atom stereocenters. The molecule has 24 heavy (non-hydrogen) atoms. The van der Waals surface area contributed by atoms with Gasteiger partial charge in [0, 0.05) is 25.7 Å². The molecule has 0 radical (unpaired) electrons. The van der Waals surface area contributed by atoms with Crippen LogP contribution in [-0.2, 0) is 13.7 Å². The van der Waals surface area contributed by atoms with Gasteiger partial charge in [0.2, 0.25) is 0 Å². The van der Waals surface area contributed by atoms with Crippen LogP contribution in [0.25, 0.3) is 0 Å². The van der Waals surface area contributed by atoms with Gasteiger partial charge in [-0.2, -0.15) is 0 Å². The number of rotatable bonds is 4.